The lowest BCUT2D eigenvalue weighted by Crippen LogP contribution is -2.32. The smallest absolute Gasteiger partial charge is 0.150 e. The minimum atomic E-state index is 0.734. The first-order valence-corrected chi connectivity index (χ1v) is 6.12. The van der Waals surface area contributed by atoms with Gasteiger partial charge in [-0.15, -0.1) is 0 Å². The molecule has 1 aromatic carbocycles. The van der Waals surface area contributed by atoms with Crippen LogP contribution in [0.5, 0.6) is 0 Å². The van der Waals surface area contributed by atoms with Gasteiger partial charge in [0.2, 0.25) is 0 Å². The van der Waals surface area contributed by atoms with E-state index in [0.717, 1.165) is 37.9 Å². The third kappa shape index (κ3) is 4.57. The van der Waals surface area contributed by atoms with Gasteiger partial charge in [-0.1, -0.05) is 6.92 Å². The van der Waals surface area contributed by atoms with Crippen LogP contribution in [-0.2, 0) is 0 Å². The molecule has 0 amide bonds. The number of hydrogen-bond acceptors (Lipinski definition) is 3. The van der Waals surface area contributed by atoms with Crippen LogP contribution in [0, 0.1) is 0 Å². The molecule has 0 saturated heterocycles. The van der Waals surface area contributed by atoms with Crippen LogP contribution in [0.1, 0.15) is 23.7 Å². The van der Waals surface area contributed by atoms with Crippen molar-refractivity contribution in [1.29, 1.82) is 0 Å². The van der Waals surface area contributed by atoms with E-state index in [1.54, 1.807) is 0 Å². The highest BCUT2D eigenvalue weighted by Crippen LogP contribution is 2.14. The minimum Gasteiger partial charge on any atom is -0.370 e. The third-order valence-electron chi connectivity index (χ3n) is 2.70. The van der Waals surface area contributed by atoms with E-state index in [1.807, 2.05) is 24.3 Å². The molecule has 0 N–H and O–H groups in total. The predicted molar refractivity (Wildman–Crippen MR) is 72.9 cm³/mol. The summed E-state index contributed by atoms with van der Waals surface area (Å²) >= 11 is 0. The van der Waals surface area contributed by atoms with Crippen LogP contribution >= 0.6 is 0 Å². The maximum Gasteiger partial charge on any atom is 0.150 e. The normalized spacial score (nSPS) is 10.6. The molecule has 3 nitrogen and oxygen atoms in total. The summed E-state index contributed by atoms with van der Waals surface area (Å²) in [4.78, 5) is 15.1. The predicted octanol–water partition coefficient (Wildman–Crippen LogP) is 2.28. The zero-order chi connectivity index (χ0) is 12.7. The summed E-state index contributed by atoms with van der Waals surface area (Å²) in [5, 5.41) is 0. The average Bonchev–Trinajstić information content (AvgIpc) is 2.34. The van der Waals surface area contributed by atoms with Gasteiger partial charge >= 0.3 is 0 Å². The fourth-order valence-corrected chi connectivity index (χ4v) is 1.72. The van der Waals surface area contributed by atoms with Crippen molar-refractivity contribution in [2.24, 2.45) is 0 Å². The van der Waals surface area contributed by atoms with E-state index >= 15 is 0 Å². The number of nitrogens with zero attached hydrogens (tertiary/aromatic N) is 2. The molecule has 0 bridgehead atoms. The van der Waals surface area contributed by atoms with Crippen LogP contribution in [-0.4, -0.2) is 44.9 Å². The number of carbonyl (C=O) groups excluding carboxylic acids is 1. The van der Waals surface area contributed by atoms with E-state index in [4.69, 9.17) is 0 Å². The van der Waals surface area contributed by atoms with E-state index in [9.17, 15) is 4.79 Å². The second-order valence-corrected chi connectivity index (χ2v) is 4.50. The van der Waals surface area contributed by atoms with Crippen molar-refractivity contribution < 1.29 is 4.79 Å². The van der Waals surface area contributed by atoms with E-state index in [1.165, 1.54) is 5.69 Å². The molecule has 1 rings (SSSR count). The molecule has 0 aromatic heterocycles. The van der Waals surface area contributed by atoms with Crippen molar-refractivity contribution in [2.75, 3.05) is 38.6 Å². The van der Waals surface area contributed by atoms with Crippen LogP contribution in [0.15, 0.2) is 24.3 Å². The molecular formula is C14H22N2O. The highest BCUT2D eigenvalue weighted by molar-refractivity contribution is 5.75. The number of benzene rings is 1. The Bertz CT molecular complexity index is 333. The van der Waals surface area contributed by atoms with Crippen molar-refractivity contribution in [3.8, 4) is 0 Å². The molecule has 3 heteroatoms. The summed E-state index contributed by atoms with van der Waals surface area (Å²) in [7, 11) is 4.17. The molecule has 0 spiro atoms. The van der Waals surface area contributed by atoms with Gasteiger partial charge in [0, 0.05) is 30.9 Å². The summed E-state index contributed by atoms with van der Waals surface area (Å²) < 4.78 is 0. The Morgan fingerprint density at radius 3 is 2.18 bits per heavy atom. The molecule has 1 aromatic rings. The van der Waals surface area contributed by atoms with Crippen LogP contribution in [0.3, 0.4) is 0 Å². The van der Waals surface area contributed by atoms with E-state index in [-0.39, 0.29) is 0 Å². The van der Waals surface area contributed by atoms with Crippen molar-refractivity contribution >= 4 is 12.0 Å². The highest BCUT2D eigenvalue weighted by Gasteiger charge is 2.05. The number of hydrogen-bond donors (Lipinski definition) is 0. The Morgan fingerprint density at radius 2 is 1.71 bits per heavy atom. The maximum absolute atomic E-state index is 10.6. The van der Waals surface area contributed by atoms with Gasteiger partial charge in [0.15, 0.2) is 0 Å². The summed E-state index contributed by atoms with van der Waals surface area (Å²) in [5.74, 6) is 0. The molecule has 0 heterocycles. The standard InChI is InChI=1S/C14H22N2O/c1-4-9-16(11-10-15(2)3)14-7-5-13(12-17)6-8-14/h5-8,12H,4,9-11H2,1-3H3. The first-order valence-electron chi connectivity index (χ1n) is 6.12. The quantitative estimate of drug-likeness (QED) is 0.676. The van der Waals surface area contributed by atoms with Crippen molar-refractivity contribution in [1.82, 2.24) is 4.90 Å². The van der Waals surface area contributed by atoms with Gasteiger partial charge in [-0.05, 0) is 44.8 Å². The second kappa shape index (κ2) is 7.07. The number of likely N-dealkylation sites (N-methyl/N-ethyl adjacent to an activating group) is 1. The Morgan fingerprint density at radius 1 is 1.06 bits per heavy atom. The SMILES string of the molecule is CCCN(CCN(C)C)c1ccc(C=O)cc1. The fourth-order valence-electron chi connectivity index (χ4n) is 1.72. The van der Waals surface area contributed by atoms with Gasteiger partial charge < -0.3 is 9.80 Å². The minimum absolute atomic E-state index is 0.734. The molecule has 0 fully saturated rings. The van der Waals surface area contributed by atoms with Gasteiger partial charge in [0.25, 0.3) is 0 Å². The molecule has 0 aliphatic carbocycles. The second-order valence-electron chi connectivity index (χ2n) is 4.50. The van der Waals surface area contributed by atoms with E-state index in [0.29, 0.717) is 0 Å². The lowest BCUT2D eigenvalue weighted by Gasteiger charge is -2.26. The summed E-state index contributed by atoms with van der Waals surface area (Å²) in [5.41, 5.74) is 1.93. The number of anilines is 1. The molecule has 94 valence electrons. The summed E-state index contributed by atoms with van der Waals surface area (Å²) in [6.45, 7) is 5.29. The van der Waals surface area contributed by atoms with E-state index in [2.05, 4.69) is 30.8 Å². The molecule has 0 saturated carbocycles. The Kier molecular flexibility index (Phi) is 5.70. The molecule has 0 aliphatic heterocycles. The van der Waals surface area contributed by atoms with Gasteiger partial charge in [0.05, 0.1) is 0 Å². The van der Waals surface area contributed by atoms with Gasteiger partial charge in [0.1, 0.15) is 6.29 Å². The molecular weight excluding hydrogens is 212 g/mol. The first kappa shape index (κ1) is 13.7. The first-order chi connectivity index (χ1) is 8.17. The van der Waals surface area contributed by atoms with Gasteiger partial charge in [-0.3, -0.25) is 4.79 Å². The van der Waals surface area contributed by atoms with Crippen LogP contribution in [0.4, 0.5) is 5.69 Å². The summed E-state index contributed by atoms with van der Waals surface area (Å²) in [6, 6.07) is 7.80. The summed E-state index contributed by atoms with van der Waals surface area (Å²) in [6.07, 6.45) is 2.01. The number of carbonyl (C=O) groups is 1. The molecule has 0 aliphatic rings. The topological polar surface area (TPSA) is 23.6 Å². The number of rotatable bonds is 7. The lowest BCUT2D eigenvalue weighted by molar-refractivity contribution is 0.112. The molecule has 0 unspecified atom stereocenters. The molecule has 0 radical (unpaired) electrons. The zero-order valence-corrected chi connectivity index (χ0v) is 11.0. The van der Waals surface area contributed by atoms with Gasteiger partial charge in [-0.2, -0.15) is 0 Å². The van der Waals surface area contributed by atoms with Gasteiger partial charge in [-0.25, -0.2) is 0 Å². The van der Waals surface area contributed by atoms with Crippen LogP contribution in [0.25, 0.3) is 0 Å². The highest BCUT2D eigenvalue weighted by atomic mass is 16.1. The van der Waals surface area contributed by atoms with Crippen LogP contribution in [0.2, 0.25) is 0 Å². The number of aldehydes is 1. The van der Waals surface area contributed by atoms with E-state index < -0.39 is 0 Å². The van der Waals surface area contributed by atoms with Crippen molar-refractivity contribution in [2.45, 2.75) is 13.3 Å². The van der Waals surface area contributed by atoms with Crippen molar-refractivity contribution in [3.05, 3.63) is 29.8 Å². The largest absolute Gasteiger partial charge is 0.370 e. The molecule has 17 heavy (non-hydrogen) atoms. The Labute approximate surface area is 104 Å². The Balaban J connectivity index is 2.70. The third-order valence-corrected chi connectivity index (χ3v) is 2.70. The lowest BCUT2D eigenvalue weighted by atomic mass is 10.2. The maximum atomic E-state index is 10.6. The molecule has 0 atom stereocenters. The van der Waals surface area contributed by atoms with Crippen LogP contribution < -0.4 is 4.90 Å². The average molecular weight is 234 g/mol. The Hall–Kier alpha value is -1.35. The van der Waals surface area contributed by atoms with Crippen molar-refractivity contribution in [3.63, 3.8) is 0 Å². The zero-order valence-electron chi connectivity index (χ0n) is 11.0. The fraction of sp³-hybridized carbons (Fsp3) is 0.500. The monoisotopic (exact) mass is 234 g/mol.